The van der Waals surface area contributed by atoms with Crippen LogP contribution in [0.4, 0.5) is 11.4 Å². The van der Waals surface area contributed by atoms with Gasteiger partial charge in [0.05, 0.1) is 6.61 Å². The van der Waals surface area contributed by atoms with Gasteiger partial charge < -0.3 is 21.3 Å². The number of phenolic OH excluding ortho intramolecular Hbond substituents is 1. The number of ether oxygens (including phenoxy) is 1. The molecule has 0 aliphatic heterocycles. The van der Waals surface area contributed by atoms with E-state index in [1.165, 1.54) is 0 Å². The van der Waals surface area contributed by atoms with Gasteiger partial charge in [-0.2, -0.15) is 0 Å². The molecule has 0 aliphatic carbocycles. The van der Waals surface area contributed by atoms with E-state index in [9.17, 15) is 0 Å². The fourth-order valence-corrected chi connectivity index (χ4v) is 1.30. The van der Waals surface area contributed by atoms with Crippen LogP contribution >= 0.6 is 0 Å². The monoisotopic (exact) mass is 246 g/mol. The maximum Gasteiger partial charge on any atom is 0.122 e. The Hall–Kier alpha value is -2.36. The number of rotatable bonds is 2. The van der Waals surface area contributed by atoms with Crippen molar-refractivity contribution in [2.24, 2.45) is 0 Å². The Kier molecular flexibility index (Phi) is 5.38. The predicted molar refractivity (Wildman–Crippen MR) is 74.5 cm³/mol. The van der Waals surface area contributed by atoms with Gasteiger partial charge in [-0.05, 0) is 37.3 Å². The Morgan fingerprint density at radius 1 is 1.00 bits per heavy atom. The van der Waals surface area contributed by atoms with Crippen LogP contribution in [0.5, 0.6) is 11.5 Å². The van der Waals surface area contributed by atoms with Crippen molar-refractivity contribution in [1.82, 2.24) is 0 Å². The van der Waals surface area contributed by atoms with Gasteiger partial charge in [0.15, 0.2) is 0 Å². The summed E-state index contributed by atoms with van der Waals surface area (Å²) in [5, 5.41) is 8.96. The lowest BCUT2D eigenvalue weighted by molar-refractivity contribution is 0.337. The van der Waals surface area contributed by atoms with Crippen molar-refractivity contribution in [2.75, 3.05) is 18.1 Å². The summed E-state index contributed by atoms with van der Waals surface area (Å²) in [5.41, 5.74) is 12.2. The Bertz CT molecular complexity index is 469. The van der Waals surface area contributed by atoms with Gasteiger partial charge >= 0.3 is 0 Å². The molecule has 2 aromatic carbocycles. The van der Waals surface area contributed by atoms with E-state index in [0.717, 1.165) is 0 Å². The second kappa shape index (κ2) is 7.06. The fourth-order valence-electron chi connectivity index (χ4n) is 1.30. The number of phenols is 1. The quantitative estimate of drug-likeness (QED) is 0.711. The van der Waals surface area contributed by atoms with Gasteiger partial charge in [0, 0.05) is 17.4 Å². The third kappa shape index (κ3) is 5.12. The third-order valence-electron chi connectivity index (χ3n) is 2.04. The number of benzene rings is 2. The van der Waals surface area contributed by atoms with Gasteiger partial charge in [-0.3, -0.25) is 0 Å². The molecule has 0 aliphatic rings. The molecular weight excluding hydrogens is 228 g/mol. The van der Waals surface area contributed by atoms with Crippen LogP contribution in [-0.4, -0.2) is 11.7 Å². The topological polar surface area (TPSA) is 81.5 Å². The summed E-state index contributed by atoms with van der Waals surface area (Å²) in [6.07, 6.45) is 0. The van der Waals surface area contributed by atoms with Crippen LogP contribution in [0.25, 0.3) is 0 Å². The zero-order valence-corrected chi connectivity index (χ0v) is 10.3. The standard InChI is InChI=1S/C8H10O2.C6H8N2/c1-2-10-8-5-3-4-7(9)6-8;7-5-2-1-3-6(8)4-5/h3-6,9H,2H2,1H3;1-4H,7-8H2. The minimum absolute atomic E-state index is 0.242. The van der Waals surface area contributed by atoms with Crippen molar-refractivity contribution in [2.45, 2.75) is 6.92 Å². The van der Waals surface area contributed by atoms with Crippen LogP contribution in [0.2, 0.25) is 0 Å². The summed E-state index contributed by atoms with van der Waals surface area (Å²) in [7, 11) is 0. The normalized spacial score (nSPS) is 9.17. The van der Waals surface area contributed by atoms with Gasteiger partial charge in [-0.15, -0.1) is 0 Å². The molecule has 0 bridgehead atoms. The maximum absolute atomic E-state index is 8.96. The fraction of sp³-hybridized carbons (Fsp3) is 0.143. The van der Waals surface area contributed by atoms with Gasteiger partial charge in [0.1, 0.15) is 11.5 Å². The predicted octanol–water partition coefficient (Wildman–Crippen LogP) is 2.64. The molecule has 0 unspecified atom stereocenters. The Labute approximate surface area is 107 Å². The van der Waals surface area contributed by atoms with Crippen molar-refractivity contribution in [3.05, 3.63) is 48.5 Å². The molecule has 2 aromatic rings. The van der Waals surface area contributed by atoms with E-state index in [1.54, 1.807) is 36.4 Å². The van der Waals surface area contributed by atoms with E-state index in [-0.39, 0.29) is 5.75 Å². The minimum Gasteiger partial charge on any atom is -0.508 e. The van der Waals surface area contributed by atoms with E-state index in [2.05, 4.69) is 0 Å². The first-order chi connectivity index (χ1) is 8.61. The van der Waals surface area contributed by atoms with Crippen LogP contribution in [0.1, 0.15) is 6.92 Å². The van der Waals surface area contributed by atoms with Crippen molar-refractivity contribution in [3.8, 4) is 11.5 Å². The van der Waals surface area contributed by atoms with Crippen LogP contribution in [-0.2, 0) is 0 Å². The molecule has 0 saturated heterocycles. The highest BCUT2D eigenvalue weighted by Crippen LogP contribution is 2.17. The average molecular weight is 246 g/mol. The van der Waals surface area contributed by atoms with Crippen molar-refractivity contribution in [3.63, 3.8) is 0 Å². The summed E-state index contributed by atoms with van der Waals surface area (Å²) in [4.78, 5) is 0. The number of nitrogens with two attached hydrogens (primary N) is 2. The van der Waals surface area contributed by atoms with E-state index in [1.807, 2.05) is 19.1 Å². The molecule has 0 aromatic heterocycles. The number of hydrogen-bond acceptors (Lipinski definition) is 4. The van der Waals surface area contributed by atoms with Gasteiger partial charge in [0.25, 0.3) is 0 Å². The number of anilines is 2. The van der Waals surface area contributed by atoms with Crippen molar-refractivity contribution >= 4 is 11.4 Å². The number of nitrogen functional groups attached to an aromatic ring is 2. The summed E-state index contributed by atoms with van der Waals surface area (Å²) in [6, 6.07) is 13.9. The van der Waals surface area contributed by atoms with Crippen LogP contribution in [0, 0.1) is 0 Å². The van der Waals surface area contributed by atoms with E-state index < -0.39 is 0 Å². The van der Waals surface area contributed by atoms with Crippen molar-refractivity contribution in [1.29, 1.82) is 0 Å². The lowest BCUT2D eigenvalue weighted by Crippen LogP contribution is -1.89. The molecule has 0 saturated carbocycles. The van der Waals surface area contributed by atoms with E-state index in [0.29, 0.717) is 23.7 Å². The molecule has 0 spiro atoms. The summed E-state index contributed by atoms with van der Waals surface area (Å²) in [5.74, 6) is 0.952. The first kappa shape index (κ1) is 13.7. The molecule has 0 heterocycles. The smallest absolute Gasteiger partial charge is 0.122 e. The molecular formula is C14H18N2O2. The molecule has 0 amide bonds. The lowest BCUT2D eigenvalue weighted by Gasteiger charge is -2.01. The summed E-state index contributed by atoms with van der Waals surface area (Å²) >= 11 is 0. The summed E-state index contributed by atoms with van der Waals surface area (Å²) in [6.45, 7) is 2.54. The number of hydrogen-bond donors (Lipinski definition) is 3. The first-order valence-corrected chi connectivity index (χ1v) is 5.64. The van der Waals surface area contributed by atoms with Gasteiger partial charge in [0.2, 0.25) is 0 Å². The SMILES string of the molecule is CCOc1cccc(O)c1.Nc1cccc(N)c1. The Morgan fingerprint density at radius 3 is 2.06 bits per heavy atom. The van der Waals surface area contributed by atoms with Crippen LogP contribution in [0.3, 0.4) is 0 Å². The molecule has 4 heteroatoms. The second-order valence-electron chi connectivity index (χ2n) is 3.60. The molecule has 96 valence electrons. The van der Waals surface area contributed by atoms with E-state index >= 15 is 0 Å². The Morgan fingerprint density at radius 2 is 1.61 bits per heavy atom. The third-order valence-corrected chi connectivity index (χ3v) is 2.04. The van der Waals surface area contributed by atoms with Gasteiger partial charge in [-0.25, -0.2) is 0 Å². The highest BCUT2D eigenvalue weighted by atomic mass is 16.5. The zero-order chi connectivity index (χ0) is 13.4. The first-order valence-electron chi connectivity index (χ1n) is 5.64. The number of aromatic hydroxyl groups is 1. The summed E-state index contributed by atoms with van der Waals surface area (Å²) < 4.78 is 5.13. The Balaban J connectivity index is 0.000000184. The molecule has 18 heavy (non-hydrogen) atoms. The van der Waals surface area contributed by atoms with Crippen molar-refractivity contribution < 1.29 is 9.84 Å². The van der Waals surface area contributed by atoms with Crippen LogP contribution < -0.4 is 16.2 Å². The highest BCUT2D eigenvalue weighted by molar-refractivity contribution is 5.50. The minimum atomic E-state index is 0.242. The zero-order valence-electron chi connectivity index (χ0n) is 10.3. The molecule has 0 fully saturated rings. The highest BCUT2D eigenvalue weighted by Gasteiger charge is 1.90. The van der Waals surface area contributed by atoms with E-state index in [4.69, 9.17) is 21.3 Å². The average Bonchev–Trinajstić information content (AvgIpc) is 2.30. The molecule has 5 N–H and O–H groups in total. The van der Waals surface area contributed by atoms with Gasteiger partial charge in [-0.1, -0.05) is 12.1 Å². The van der Waals surface area contributed by atoms with Crippen LogP contribution in [0.15, 0.2) is 48.5 Å². The lowest BCUT2D eigenvalue weighted by atomic mass is 10.3. The maximum atomic E-state index is 8.96. The second-order valence-corrected chi connectivity index (χ2v) is 3.60. The molecule has 0 atom stereocenters. The molecule has 0 radical (unpaired) electrons. The largest absolute Gasteiger partial charge is 0.508 e. The molecule has 2 rings (SSSR count). The molecule has 4 nitrogen and oxygen atoms in total.